The Balaban J connectivity index is 2.20. The summed E-state index contributed by atoms with van der Waals surface area (Å²) in [4.78, 5) is 21.0. The largest absolute Gasteiger partial charge is 0.325 e. The van der Waals surface area contributed by atoms with E-state index in [9.17, 15) is 18.5 Å². The van der Waals surface area contributed by atoms with Gasteiger partial charge >= 0.3 is 0 Å². The Hall–Kier alpha value is -2.48. The van der Waals surface area contributed by atoms with Crippen LogP contribution in [0.15, 0.2) is 28.1 Å². The van der Waals surface area contributed by atoms with Crippen LogP contribution in [0, 0.1) is 32.1 Å². The predicted octanol–water partition coefficient (Wildman–Crippen LogP) is 3.03. The summed E-state index contributed by atoms with van der Waals surface area (Å²) in [6.07, 6.45) is 0. The van der Waals surface area contributed by atoms with Crippen molar-refractivity contribution in [1.29, 1.82) is 5.26 Å². The molecule has 1 N–H and O–H groups in total. The first kappa shape index (κ1) is 23.8. The maximum absolute atomic E-state index is 12.8. The molecule has 0 spiro atoms. The lowest BCUT2D eigenvalue weighted by atomic mass is 10.2. The molecule has 0 saturated carbocycles. The van der Waals surface area contributed by atoms with Crippen LogP contribution in [-0.4, -0.2) is 47.4 Å². The number of benzene rings is 1. The second-order valence-corrected chi connectivity index (χ2v) is 9.45. The number of carbonyl (C=O) groups excluding carboxylic acids is 1. The molecular formula is C20H25N5O3S2. The molecule has 0 radical (unpaired) electrons. The minimum atomic E-state index is -3.63. The second-order valence-electron chi connectivity index (χ2n) is 6.55. The highest BCUT2D eigenvalue weighted by molar-refractivity contribution is 8.00. The van der Waals surface area contributed by atoms with Crippen molar-refractivity contribution in [1.82, 2.24) is 14.3 Å². The van der Waals surface area contributed by atoms with E-state index >= 15 is 0 Å². The smallest absolute Gasteiger partial charge is 0.243 e. The minimum absolute atomic E-state index is 0.0248. The van der Waals surface area contributed by atoms with Crippen molar-refractivity contribution < 1.29 is 13.2 Å². The van der Waals surface area contributed by atoms with Crippen molar-refractivity contribution in [3.63, 3.8) is 0 Å². The van der Waals surface area contributed by atoms with Gasteiger partial charge in [-0.05, 0) is 38.5 Å². The highest BCUT2D eigenvalue weighted by atomic mass is 32.2. The van der Waals surface area contributed by atoms with Crippen LogP contribution in [0.4, 0.5) is 5.69 Å². The van der Waals surface area contributed by atoms with Crippen molar-refractivity contribution >= 4 is 33.4 Å². The number of nitrogens with zero attached hydrogens (tertiary/aromatic N) is 4. The normalized spacial score (nSPS) is 11.4. The van der Waals surface area contributed by atoms with Gasteiger partial charge in [0.05, 0.1) is 16.3 Å². The molecule has 30 heavy (non-hydrogen) atoms. The third-order valence-electron chi connectivity index (χ3n) is 4.45. The highest BCUT2D eigenvalue weighted by Gasteiger charge is 2.22. The molecule has 0 aliphatic rings. The molecule has 2 rings (SSSR count). The van der Waals surface area contributed by atoms with E-state index in [2.05, 4.69) is 21.4 Å². The monoisotopic (exact) mass is 447 g/mol. The summed E-state index contributed by atoms with van der Waals surface area (Å²) < 4.78 is 26.9. The Labute approximate surface area is 181 Å². The summed E-state index contributed by atoms with van der Waals surface area (Å²) >= 11 is 1.14. The topological polar surface area (TPSA) is 116 Å². The summed E-state index contributed by atoms with van der Waals surface area (Å²) in [5, 5.41) is 12.5. The Morgan fingerprint density at radius 3 is 2.47 bits per heavy atom. The fourth-order valence-electron chi connectivity index (χ4n) is 2.84. The van der Waals surface area contributed by atoms with Crippen molar-refractivity contribution in [2.75, 3.05) is 24.2 Å². The molecule has 0 bridgehead atoms. The summed E-state index contributed by atoms with van der Waals surface area (Å²) in [6.45, 7) is 9.53. The summed E-state index contributed by atoms with van der Waals surface area (Å²) in [7, 11) is -3.63. The third-order valence-corrected chi connectivity index (χ3v) is 7.47. The van der Waals surface area contributed by atoms with Gasteiger partial charge in [0, 0.05) is 18.8 Å². The standard InChI is InChI=1S/C20H25N5O3S2/c1-6-25(7-2)30(27,28)16-9-8-13(3)18(10-16)24-19(26)12-29-20-17(11-21)14(4)22-15(5)23-20/h8-10H,6-7,12H2,1-5H3,(H,24,26). The maximum atomic E-state index is 12.8. The van der Waals surface area contributed by atoms with Gasteiger partial charge in [-0.1, -0.05) is 31.7 Å². The van der Waals surface area contributed by atoms with Gasteiger partial charge in [0.25, 0.3) is 0 Å². The van der Waals surface area contributed by atoms with E-state index in [0.29, 0.717) is 40.9 Å². The number of rotatable bonds is 8. The molecule has 0 fully saturated rings. The number of nitriles is 1. The number of aromatic nitrogens is 2. The van der Waals surface area contributed by atoms with Crippen LogP contribution in [-0.2, 0) is 14.8 Å². The molecule has 2 aromatic rings. The molecule has 0 aliphatic heterocycles. The molecule has 0 aliphatic carbocycles. The molecule has 160 valence electrons. The second kappa shape index (κ2) is 10.0. The van der Waals surface area contributed by atoms with Crippen molar-refractivity contribution in [3.05, 3.63) is 40.8 Å². The van der Waals surface area contributed by atoms with Gasteiger partial charge in [0.2, 0.25) is 15.9 Å². The quantitative estimate of drug-likeness (QED) is 0.488. The molecule has 1 aromatic carbocycles. The van der Waals surface area contributed by atoms with Gasteiger partial charge in [-0.3, -0.25) is 4.79 Å². The SMILES string of the molecule is CCN(CC)S(=O)(=O)c1ccc(C)c(NC(=O)CSc2nc(C)nc(C)c2C#N)c1. The zero-order valence-corrected chi connectivity index (χ0v) is 19.3. The minimum Gasteiger partial charge on any atom is -0.325 e. The first-order chi connectivity index (χ1) is 14.1. The van der Waals surface area contributed by atoms with Crippen LogP contribution in [0.3, 0.4) is 0 Å². The number of hydrogen-bond donors (Lipinski definition) is 1. The van der Waals surface area contributed by atoms with Gasteiger partial charge in [-0.15, -0.1) is 0 Å². The van der Waals surface area contributed by atoms with E-state index in [1.165, 1.54) is 10.4 Å². The molecular weight excluding hydrogens is 422 g/mol. The van der Waals surface area contributed by atoms with Crippen molar-refractivity contribution in [3.8, 4) is 6.07 Å². The third kappa shape index (κ3) is 5.36. The molecule has 8 nitrogen and oxygen atoms in total. The highest BCUT2D eigenvalue weighted by Crippen LogP contribution is 2.25. The molecule has 1 aromatic heterocycles. The molecule has 1 heterocycles. The van der Waals surface area contributed by atoms with Crippen LogP contribution < -0.4 is 5.32 Å². The van der Waals surface area contributed by atoms with Crippen LogP contribution in [0.25, 0.3) is 0 Å². The zero-order chi connectivity index (χ0) is 22.5. The predicted molar refractivity (Wildman–Crippen MR) is 117 cm³/mol. The lowest BCUT2D eigenvalue weighted by Crippen LogP contribution is -2.30. The van der Waals surface area contributed by atoms with E-state index in [-0.39, 0.29) is 16.6 Å². The van der Waals surface area contributed by atoms with Gasteiger partial charge in [0.15, 0.2) is 0 Å². The lowest BCUT2D eigenvalue weighted by Gasteiger charge is -2.19. The van der Waals surface area contributed by atoms with Crippen molar-refractivity contribution in [2.45, 2.75) is 44.5 Å². The Bertz CT molecular complexity index is 1090. The van der Waals surface area contributed by atoms with Gasteiger partial charge in [-0.25, -0.2) is 18.4 Å². The number of anilines is 1. The Morgan fingerprint density at radius 1 is 1.20 bits per heavy atom. The van der Waals surface area contributed by atoms with E-state index in [1.807, 2.05) is 0 Å². The number of carbonyl (C=O) groups is 1. The fourth-order valence-corrected chi connectivity index (χ4v) is 5.20. The van der Waals surface area contributed by atoms with Gasteiger partial charge in [0.1, 0.15) is 22.5 Å². The number of aryl methyl sites for hydroxylation is 3. The summed E-state index contributed by atoms with van der Waals surface area (Å²) in [6, 6.07) is 6.76. The van der Waals surface area contributed by atoms with Crippen LogP contribution in [0.1, 0.15) is 36.5 Å². The number of thioether (sulfide) groups is 1. The zero-order valence-electron chi connectivity index (χ0n) is 17.7. The van der Waals surface area contributed by atoms with E-state index in [1.54, 1.807) is 46.8 Å². The van der Waals surface area contributed by atoms with Gasteiger partial charge < -0.3 is 5.32 Å². The Kier molecular flexibility index (Phi) is 7.95. The maximum Gasteiger partial charge on any atom is 0.243 e. The average molecular weight is 448 g/mol. The van der Waals surface area contributed by atoms with Crippen LogP contribution >= 0.6 is 11.8 Å². The molecule has 0 atom stereocenters. The average Bonchev–Trinajstić information content (AvgIpc) is 2.68. The first-order valence-corrected chi connectivity index (χ1v) is 11.8. The number of amides is 1. The van der Waals surface area contributed by atoms with E-state index < -0.39 is 10.0 Å². The van der Waals surface area contributed by atoms with Crippen LogP contribution in [0.5, 0.6) is 0 Å². The number of nitrogens with one attached hydrogen (secondary N) is 1. The fraction of sp³-hybridized carbons (Fsp3) is 0.400. The lowest BCUT2D eigenvalue weighted by molar-refractivity contribution is -0.113. The van der Waals surface area contributed by atoms with Gasteiger partial charge in [-0.2, -0.15) is 9.57 Å². The number of hydrogen-bond acceptors (Lipinski definition) is 7. The van der Waals surface area contributed by atoms with E-state index in [4.69, 9.17) is 0 Å². The molecule has 0 saturated heterocycles. The first-order valence-electron chi connectivity index (χ1n) is 9.42. The van der Waals surface area contributed by atoms with Crippen LogP contribution in [0.2, 0.25) is 0 Å². The number of sulfonamides is 1. The molecule has 0 unspecified atom stereocenters. The molecule has 1 amide bonds. The van der Waals surface area contributed by atoms with Crippen molar-refractivity contribution in [2.24, 2.45) is 0 Å². The molecule has 10 heteroatoms. The van der Waals surface area contributed by atoms with E-state index in [0.717, 1.165) is 17.3 Å². The summed E-state index contributed by atoms with van der Waals surface area (Å²) in [5.74, 6) is 0.231. The Morgan fingerprint density at radius 2 is 1.87 bits per heavy atom. The summed E-state index contributed by atoms with van der Waals surface area (Å²) in [5.41, 5.74) is 2.10.